The summed E-state index contributed by atoms with van der Waals surface area (Å²) in [6.45, 7) is 4.72. The fourth-order valence-corrected chi connectivity index (χ4v) is 4.10. The van der Waals surface area contributed by atoms with Crippen molar-refractivity contribution in [2.45, 2.75) is 6.42 Å². The van der Waals surface area contributed by atoms with Gasteiger partial charge in [0, 0.05) is 6.54 Å². The number of carbonyl (C=O) groups is 1. The van der Waals surface area contributed by atoms with Gasteiger partial charge in [0.15, 0.2) is 0 Å². The third-order valence-electron chi connectivity index (χ3n) is 4.72. The molecule has 2 N–H and O–H groups in total. The molecule has 2 atom stereocenters. The molecule has 23 heavy (non-hydrogen) atoms. The Morgan fingerprint density at radius 2 is 2.22 bits per heavy atom. The van der Waals surface area contributed by atoms with Crippen LogP contribution in [0.4, 0.5) is 17.1 Å². The minimum atomic E-state index is 0. The first-order valence-corrected chi connectivity index (χ1v) is 8.47. The lowest BCUT2D eigenvalue weighted by atomic mass is 9.89. The number of amides is 1. The zero-order chi connectivity index (χ0) is 14.9. The van der Waals surface area contributed by atoms with Crippen molar-refractivity contribution in [1.29, 1.82) is 0 Å². The molecule has 8 heteroatoms. The highest BCUT2D eigenvalue weighted by molar-refractivity contribution is 7.58. The number of likely N-dealkylation sites (tertiary alicyclic amines) is 1. The molecule has 3 aliphatic rings. The number of benzene rings is 1. The molecule has 2 saturated heterocycles. The molecule has 0 radical (unpaired) electrons. The van der Waals surface area contributed by atoms with Crippen molar-refractivity contribution in [1.82, 2.24) is 10.2 Å². The van der Waals surface area contributed by atoms with Crippen LogP contribution >= 0.6 is 12.4 Å². The molecule has 3 heterocycles. The Balaban J connectivity index is 0.00000156. The van der Waals surface area contributed by atoms with Crippen molar-refractivity contribution < 1.29 is 4.79 Å². The summed E-state index contributed by atoms with van der Waals surface area (Å²) in [5.41, 5.74) is 2.37. The van der Waals surface area contributed by atoms with E-state index in [0.29, 0.717) is 12.5 Å². The average Bonchev–Trinajstić information content (AvgIpc) is 3.15. The van der Waals surface area contributed by atoms with Gasteiger partial charge in [-0.15, -0.1) is 12.4 Å². The van der Waals surface area contributed by atoms with Gasteiger partial charge in [0.25, 0.3) is 0 Å². The second-order valence-electron chi connectivity index (χ2n) is 6.19. The molecular formula is C15H20ClN5OS. The Hall–Kier alpha value is -1.28. The van der Waals surface area contributed by atoms with E-state index < -0.39 is 0 Å². The number of nitrogens with zero attached hydrogens (tertiary/aromatic N) is 3. The van der Waals surface area contributed by atoms with E-state index in [1.54, 1.807) is 0 Å². The van der Waals surface area contributed by atoms with Crippen LogP contribution in [0.1, 0.15) is 6.42 Å². The second kappa shape index (κ2) is 7.09. The minimum Gasteiger partial charge on any atom is -0.323 e. The molecule has 2 fully saturated rings. The van der Waals surface area contributed by atoms with E-state index in [9.17, 15) is 4.79 Å². The first-order chi connectivity index (χ1) is 10.8. The van der Waals surface area contributed by atoms with E-state index in [2.05, 4.69) is 24.3 Å². The molecule has 1 aromatic carbocycles. The van der Waals surface area contributed by atoms with Gasteiger partial charge in [-0.3, -0.25) is 9.69 Å². The van der Waals surface area contributed by atoms with Crippen LogP contribution in [0.15, 0.2) is 26.9 Å². The highest BCUT2D eigenvalue weighted by Crippen LogP contribution is 2.38. The summed E-state index contributed by atoms with van der Waals surface area (Å²) in [7, 11) is 0. The molecule has 2 unspecified atom stereocenters. The topological polar surface area (TPSA) is 69.1 Å². The molecule has 124 valence electrons. The fraction of sp³-hybridized carbons (Fsp3) is 0.533. The largest absolute Gasteiger partial charge is 0.323 e. The number of piperidine rings is 1. The van der Waals surface area contributed by atoms with E-state index in [1.165, 1.54) is 17.8 Å². The number of carbonyl (C=O) groups excluding carboxylic acids is 1. The lowest BCUT2D eigenvalue weighted by Crippen LogP contribution is -2.43. The van der Waals surface area contributed by atoms with Crippen molar-refractivity contribution in [3.8, 4) is 0 Å². The summed E-state index contributed by atoms with van der Waals surface area (Å²) in [5.74, 6) is 1.53. The number of halogens is 1. The van der Waals surface area contributed by atoms with Gasteiger partial charge in [-0.05, 0) is 50.0 Å². The summed E-state index contributed by atoms with van der Waals surface area (Å²) in [4.78, 5) is 14.6. The van der Waals surface area contributed by atoms with Crippen LogP contribution in [0.3, 0.4) is 0 Å². The summed E-state index contributed by atoms with van der Waals surface area (Å²) in [5, 5.41) is 6.44. The standard InChI is InChI=1S/C15H19N5OS.ClH/c21-14(9-20-5-4-10-6-16-7-11(10)8-20)17-12-2-1-3-13-15(12)19-22-18-13;/h1-3,10-11,16H,4-9H2,(H,17,21);1H. The summed E-state index contributed by atoms with van der Waals surface area (Å²) < 4.78 is 8.46. The minimum absolute atomic E-state index is 0. The predicted molar refractivity (Wildman–Crippen MR) is 94.8 cm³/mol. The first-order valence-electron chi connectivity index (χ1n) is 7.74. The molecule has 0 saturated carbocycles. The van der Waals surface area contributed by atoms with E-state index in [1.807, 2.05) is 18.2 Å². The number of anilines is 1. The SMILES string of the molecule is Cl.O=C(CN1CCC2CNCC2C1)Nc1cccc2c1N=S=N2. The summed E-state index contributed by atoms with van der Waals surface area (Å²) in [6, 6.07) is 5.69. The van der Waals surface area contributed by atoms with Crippen molar-refractivity contribution >= 4 is 46.7 Å². The third-order valence-corrected chi connectivity index (χ3v) is 5.26. The maximum Gasteiger partial charge on any atom is 0.238 e. The second-order valence-corrected chi connectivity index (χ2v) is 6.72. The monoisotopic (exact) mass is 353 g/mol. The van der Waals surface area contributed by atoms with Crippen LogP contribution in [0.25, 0.3) is 0 Å². The Morgan fingerprint density at radius 1 is 1.35 bits per heavy atom. The van der Waals surface area contributed by atoms with Gasteiger partial charge < -0.3 is 10.6 Å². The number of nitrogens with one attached hydrogen (secondary N) is 2. The molecule has 0 spiro atoms. The number of rotatable bonds is 3. The lowest BCUT2D eigenvalue weighted by molar-refractivity contribution is -0.117. The zero-order valence-corrected chi connectivity index (χ0v) is 14.3. The quantitative estimate of drug-likeness (QED) is 0.889. The Morgan fingerprint density at radius 3 is 3.13 bits per heavy atom. The van der Waals surface area contributed by atoms with Crippen molar-refractivity contribution in [3.05, 3.63) is 18.2 Å². The number of hydrogen-bond acceptors (Lipinski definition) is 5. The molecule has 1 aromatic rings. The Kier molecular flexibility index (Phi) is 5.11. The van der Waals surface area contributed by atoms with E-state index in [0.717, 1.165) is 49.2 Å². The van der Waals surface area contributed by atoms with Gasteiger partial charge in [0.2, 0.25) is 5.91 Å². The van der Waals surface area contributed by atoms with E-state index in [4.69, 9.17) is 0 Å². The van der Waals surface area contributed by atoms with E-state index in [-0.39, 0.29) is 18.3 Å². The maximum atomic E-state index is 12.3. The van der Waals surface area contributed by atoms with Gasteiger partial charge in [-0.2, -0.15) is 8.73 Å². The highest BCUT2D eigenvalue weighted by atomic mass is 35.5. The fourth-order valence-electron chi connectivity index (χ4n) is 3.55. The van der Waals surface area contributed by atoms with Crippen LogP contribution < -0.4 is 10.6 Å². The van der Waals surface area contributed by atoms with Gasteiger partial charge in [0.05, 0.1) is 23.6 Å². The van der Waals surface area contributed by atoms with Crippen LogP contribution in [0, 0.1) is 11.8 Å². The molecule has 3 aliphatic heterocycles. The zero-order valence-electron chi connectivity index (χ0n) is 12.7. The summed E-state index contributed by atoms with van der Waals surface area (Å²) >= 11 is 1.17. The molecule has 4 rings (SSSR count). The van der Waals surface area contributed by atoms with Crippen molar-refractivity contribution in [2.24, 2.45) is 20.6 Å². The Bertz CT molecular complexity index is 676. The van der Waals surface area contributed by atoms with Crippen molar-refractivity contribution in [3.63, 3.8) is 0 Å². The average molecular weight is 354 g/mol. The Labute approximate surface area is 145 Å². The van der Waals surface area contributed by atoms with Gasteiger partial charge in [-0.1, -0.05) is 6.07 Å². The molecule has 0 aliphatic carbocycles. The molecule has 0 bridgehead atoms. The highest BCUT2D eigenvalue weighted by Gasteiger charge is 2.33. The third kappa shape index (κ3) is 3.47. The van der Waals surface area contributed by atoms with Gasteiger partial charge in [0.1, 0.15) is 11.4 Å². The predicted octanol–water partition coefficient (Wildman–Crippen LogP) is 2.31. The van der Waals surface area contributed by atoms with Crippen LogP contribution in [0.5, 0.6) is 0 Å². The maximum absolute atomic E-state index is 12.3. The normalized spacial score (nSPS) is 25.2. The first kappa shape index (κ1) is 16.6. The number of fused-ring (bicyclic) bond motifs is 2. The van der Waals surface area contributed by atoms with E-state index >= 15 is 0 Å². The molecule has 1 amide bonds. The number of hydrogen-bond donors (Lipinski definition) is 2. The van der Waals surface area contributed by atoms with Crippen LogP contribution in [-0.2, 0) is 16.1 Å². The van der Waals surface area contributed by atoms with Gasteiger partial charge >= 0.3 is 0 Å². The molecule has 6 nitrogen and oxygen atoms in total. The molecular weight excluding hydrogens is 334 g/mol. The summed E-state index contributed by atoms with van der Waals surface area (Å²) in [6.07, 6.45) is 1.19. The molecule has 0 aromatic heterocycles. The smallest absolute Gasteiger partial charge is 0.238 e. The van der Waals surface area contributed by atoms with Crippen LogP contribution in [0.2, 0.25) is 0 Å². The van der Waals surface area contributed by atoms with Gasteiger partial charge in [-0.25, -0.2) is 0 Å². The lowest BCUT2D eigenvalue weighted by Gasteiger charge is -2.33. The van der Waals surface area contributed by atoms with Crippen molar-refractivity contribution in [2.75, 3.05) is 38.0 Å². The van der Waals surface area contributed by atoms with Crippen LogP contribution in [-0.4, -0.2) is 43.5 Å².